The molecule has 0 radical (unpaired) electrons. The number of benzene rings is 1. The van der Waals surface area contributed by atoms with Crippen LogP contribution in [0.2, 0.25) is 0 Å². The summed E-state index contributed by atoms with van der Waals surface area (Å²) in [5.74, 6) is 1.38. The van der Waals surface area contributed by atoms with Crippen molar-refractivity contribution in [2.24, 2.45) is 11.8 Å². The lowest BCUT2D eigenvalue weighted by Crippen LogP contribution is -2.20. The molecule has 1 aliphatic heterocycles. The van der Waals surface area contributed by atoms with Crippen LogP contribution in [0.4, 0.5) is 0 Å². The Morgan fingerprint density at radius 3 is 1.88 bits per heavy atom. The summed E-state index contributed by atoms with van der Waals surface area (Å²) in [5.41, 5.74) is 10.5. The van der Waals surface area contributed by atoms with Gasteiger partial charge in [-0.25, -0.2) is 0 Å². The van der Waals surface area contributed by atoms with E-state index >= 15 is 0 Å². The maximum absolute atomic E-state index is 3.88. The zero-order chi connectivity index (χ0) is 17.4. The van der Waals surface area contributed by atoms with E-state index in [1.807, 2.05) is 0 Å². The van der Waals surface area contributed by atoms with Gasteiger partial charge in [0.15, 0.2) is 0 Å². The van der Waals surface area contributed by atoms with E-state index in [0.29, 0.717) is 11.8 Å². The van der Waals surface area contributed by atoms with Gasteiger partial charge in [0.25, 0.3) is 0 Å². The summed E-state index contributed by atoms with van der Waals surface area (Å²) in [6.45, 7) is 15.5. The summed E-state index contributed by atoms with van der Waals surface area (Å²) in [7, 11) is 0. The van der Waals surface area contributed by atoms with E-state index in [2.05, 4.69) is 73.7 Å². The third-order valence-electron chi connectivity index (χ3n) is 5.27. The number of rotatable bonds is 8. The molecule has 1 heterocycles. The lowest BCUT2D eigenvalue weighted by atomic mass is 9.84. The summed E-state index contributed by atoms with van der Waals surface area (Å²) in [5, 5.41) is 0. The fourth-order valence-electron chi connectivity index (χ4n) is 3.79. The van der Waals surface area contributed by atoms with E-state index < -0.39 is 0 Å². The van der Waals surface area contributed by atoms with Crippen LogP contribution in [0.3, 0.4) is 0 Å². The highest BCUT2D eigenvalue weighted by Gasteiger charge is 2.33. The molecule has 0 spiro atoms. The highest BCUT2D eigenvalue weighted by Crippen LogP contribution is 2.34. The van der Waals surface area contributed by atoms with E-state index in [9.17, 15) is 0 Å². The second-order valence-corrected chi connectivity index (χ2v) is 6.88. The summed E-state index contributed by atoms with van der Waals surface area (Å²) in [4.78, 5) is 2.61. The zero-order valence-electron chi connectivity index (χ0n) is 15.4. The molecular formula is C23H31N. The average Bonchev–Trinajstić information content (AvgIpc) is 2.99. The molecule has 1 aromatic carbocycles. The Morgan fingerprint density at radius 2 is 1.46 bits per heavy atom. The van der Waals surface area contributed by atoms with E-state index in [-0.39, 0.29) is 0 Å². The molecule has 0 aromatic heterocycles. The molecule has 0 unspecified atom stereocenters. The molecule has 1 heteroatoms. The van der Waals surface area contributed by atoms with Gasteiger partial charge in [-0.2, -0.15) is 0 Å². The third-order valence-corrected chi connectivity index (χ3v) is 5.27. The van der Waals surface area contributed by atoms with Crippen molar-refractivity contribution in [1.82, 2.24) is 4.90 Å². The first-order valence-corrected chi connectivity index (χ1v) is 9.21. The minimum atomic E-state index is 0.688. The number of nitrogens with zero attached hydrogens (tertiary/aromatic N) is 1. The molecule has 0 N–H and O–H groups in total. The van der Waals surface area contributed by atoms with Crippen LogP contribution in [0, 0.1) is 11.8 Å². The zero-order valence-corrected chi connectivity index (χ0v) is 15.4. The lowest BCUT2D eigenvalue weighted by Gasteiger charge is -2.19. The predicted molar refractivity (Wildman–Crippen MR) is 104 cm³/mol. The van der Waals surface area contributed by atoms with Gasteiger partial charge in [-0.05, 0) is 54.2 Å². The largest absolute Gasteiger partial charge is 0.298 e. The van der Waals surface area contributed by atoms with Gasteiger partial charge in [0.2, 0.25) is 0 Å². The van der Waals surface area contributed by atoms with Crippen molar-refractivity contribution in [2.75, 3.05) is 13.1 Å². The average molecular weight is 322 g/mol. The van der Waals surface area contributed by atoms with Crippen molar-refractivity contribution < 1.29 is 0 Å². The van der Waals surface area contributed by atoms with Crippen LogP contribution in [0.1, 0.15) is 45.1 Å². The summed E-state index contributed by atoms with van der Waals surface area (Å²) in [6.07, 6.45) is 4.38. The predicted octanol–water partition coefficient (Wildman–Crippen LogP) is 5.76. The SMILES string of the molecule is C=C=C(CC)C[C@@H]1CN(Cc2ccccc2)C[C@H]1CC(=C=C)CC. The molecule has 1 fully saturated rings. The second-order valence-electron chi connectivity index (χ2n) is 6.88. The molecule has 1 aromatic rings. The van der Waals surface area contributed by atoms with Gasteiger partial charge in [-0.15, -0.1) is 11.5 Å². The number of allylic oxidation sites excluding steroid dienone is 2. The second kappa shape index (κ2) is 9.50. The van der Waals surface area contributed by atoms with E-state index in [4.69, 9.17) is 0 Å². The fraction of sp³-hybridized carbons (Fsp3) is 0.478. The highest BCUT2D eigenvalue weighted by molar-refractivity contribution is 5.15. The van der Waals surface area contributed by atoms with Crippen LogP contribution < -0.4 is 0 Å². The van der Waals surface area contributed by atoms with Crippen molar-refractivity contribution in [3.63, 3.8) is 0 Å². The summed E-state index contributed by atoms with van der Waals surface area (Å²) >= 11 is 0. The molecule has 2 atom stereocenters. The molecule has 1 nitrogen and oxygen atoms in total. The minimum Gasteiger partial charge on any atom is -0.298 e. The van der Waals surface area contributed by atoms with Gasteiger partial charge in [0.05, 0.1) is 0 Å². The van der Waals surface area contributed by atoms with Crippen molar-refractivity contribution in [3.05, 3.63) is 71.7 Å². The first-order chi connectivity index (χ1) is 11.7. The Kier molecular flexibility index (Phi) is 7.35. The molecule has 128 valence electrons. The number of likely N-dealkylation sites (tertiary alicyclic amines) is 1. The minimum absolute atomic E-state index is 0.688. The van der Waals surface area contributed by atoms with Gasteiger partial charge in [0.1, 0.15) is 0 Å². The van der Waals surface area contributed by atoms with Gasteiger partial charge in [0, 0.05) is 19.6 Å². The van der Waals surface area contributed by atoms with Crippen molar-refractivity contribution in [1.29, 1.82) is 0 Å². The summed E-state index contributed by atoms with van der Waals surface area (Å²) in [6, 6.07) is 10.8. The lowest BCUT2D eigenvalue weighted by molar-refractivity contribution is 0.312. The first-order valence-electron chi connectivity index (χ1n) is 9.21. The Bertz CT molecular complexity index is 579. The van der Waals surface area contributed by atoms with Gasteiger partial charge >= 0.3 is 0 Å². The first kappa shape index (κ1) is 18.6. The standard InChI is InChI=1S/C23H31N/c1-5-19(6-2)14-22-17-24(16-21-12-10-9-11-13-21)18-23(22)15-20(7-3)8-4/h9-13,22-23H,1,3,6,8,14-18H2,2,4H3/t22-,23-/m1/s1. The smallest absolute Gasteiger partial charge is 0.0233 e. The highest BCUT2D eigenvalue weighted by atomic mass is 15.2. The van der Waals surface area contributed by atoms with E-state index in [0.717, 1.165) is 32.2 Å². The quantitative estimate of drug-likeness (QED) is 0.550. The molecular weight excluding hydrogens is 290 g/mol. The van der Waals surface area contributed by atoms with Gasteiger partial charge < -0.3 is 0 Å². The van der Waals surface area contributed by atoms with Gasteiger partial charge in [-0.3, -0.25) is 4.90 Å². The van der Waals surface area contributed by atoms with E-state index in [1.54, 1.807) is 0 Å². The van der Waals surface area contributed by atoms with Crippen molar-refractivity contribution >= 4 is 0 Å². The van der Waals surface area contributed by atoms with Crippen LogP contribution in [0.5, 0.6) is 0 Å². The maximum Gasteiger partial charge on any atom is 0.0233 e. The Balaban J connectivity index is 2.09. The van der Waals surface area contributed by atoms with Crippen LogP contribution in [0.15, 0.2) is 66.1 Å². The molecule has 1 saturated heterocycles. The molecule has 0 saturated carbocycles. The third kappa shape index (κ3) is 5.11. The molecule has 1 aliphatic rings. The molecule has 0 aliphatic carbocycles. The Labute approximate surface area is 148 Å². The fourth-order valence-corrected chi connectivity index (χ4v) is 3.79. The molecule has 24 heavy (non-hydrogen) atoms. The van der Waals surface area contributed by atoms with Crippen molar-refractivity contribution in [2.45, 2.75) is 46.1 Å². The summed E-state index contributed by atoms with van der Waals surface area (Å²) < 4.78 is 0. The molecule has 0 bridgehead atoms. The molecule has 2 rings (SSSR count). The van der Waals surface area contributed by atoms with Crippen LogP contribution in [-0.2, 0) is 6.54 Å². The maximum atomic E-state index is 3.88. The van der Waals surface area contributed by atoms with Crippen LogP contribution >= 0.6 is 0 Å². The monoisotopic (exact) mass is 321 g/mol. The van der Waals surface area contributed by atoms with Gasteiger partial charge in [-0.1, -0.05) is 57.3 Å². The number of hydrogen-bond acceptors (Lipinski definition) is 1. The van der Waals surface area contributed by atoms with Crippen LogP contribution in [0.25, 0.3) is 0 Å². The Hall–Kier alpha value is -1.78. The topological polar surface area (TPSA) is 3.24 Å². The number of hydrogen-bond donors (Lipinski definition) is 0. The van der Waals surface area contributed by atoms with Crippen LogP contribution in [-0.4, -0.2) is 18.0 Å². The normalized spacial score (nSPS) is 20.4. The Morgan fingerprint density at radius 1 is 0.958 bits per heavy atom. The van der Waals surface area contributed by atoms with E-state index in [1.165, 1.54) is 29.8 Å². The molecule has 0 amide bonds. The van der Waals surface area contributed by atoms with Crippen molar-refractivity contribution in [3.8, 4) is 0 Å².